The summed E-state index contributed by atoms with van der Waals surface area (Å²) in [7, 11) is 2.12. The van der Waals surface area contributed by atoms with Gasteiger partial charge in [-0.15, -0.1) is 0 Å². The minimum Gasteiger partial charge on any atom is -0.314 e. The normalized spacial score (nSPS) is 31.7. The van der Waals surface area contributed by atoms with Crippen molar-refractivity contribution in [2.75, 3.05) is 7.05 Å². The lowest BCUT2D eigenvalue weighted by Crippen LogP contribution is -2.39. The van der Waals surface area contributed by atoms with Gasteiger partial charge in [0.15, 0.2) is 0 Å². The molecule has 9 heavy (non-hydrogen) atoms. The SMILES string of the molecule is CNC1(C2CCC2)CC1. The summed E-state index contributed by atoms with van der Waals surface area (Å²) in [6.07, 6.45) is 7.33. The third-order valence-corrected chi connectivity index (χ3v) is 3.17. The molecule has 0 aromatic carbocycles. The monoisotopic (exact) mass is 125 g/mol. The van der Waals surface area contributed by atoms with Crippen molar-refractivity contribution in [2.45, 2.75) is 37.6 Å². The molecule has 0 heterocycles. The molecule has 0 unspecified atom stereocenters. The van der Waals surface area contributed by atoms with Crippen LogP contribution in [0, 0.1) is 5.92 Å². The van der Waals surface area contributed by atoms with Gasteiger partial charge in [0.25, 0.3) is 0 Å². The molecule has 0 saturated heterocycles. The molecule has 1 N–H and O–H groups in total. The van der Waals surface area contributed by atoms with Crippen molar-refractivity contribution in [1.29, 1.82) is 0 Å². The lowest BCUT2D eigenvalue weighted by atomic mass is 9.78. The minimum absolute atomic E-state index is 0.637. The van der Waals surface area contributed by atoms with Crippen LogP contribution in [-0.4, -0.2) is 12.6 Å². The van der Waals surface area contributed by atoms with Crippen molar-refractivity contribution in [3.8, 4) is 0 Å². The second-order valence-electron chi connectivity index (χ2n) is 3.53. The summed E-state index contributed by atoms with van der Waals surface area (Å²) in [6, 6.07) is 0. The van der Waals surface area contributed by atoms with E-state index in [9.17, 15) is 0 Å². The van der Waals surface area contributed by atoms with Gasteiger partial charge in [0.05, 0.1) is 0 Å². The Hall–Kier alpha value is -0.0400. The zero-order valence-corrected chi connectivity index (χ0v) is 6.11. The van der Waals surface area contributed by atoms with Crippen molar-refractivity contribution < 1.29 is 0 Å². The summed E-state index contributed by atoms with van der Waals surface area (Å²) in [4.78, 5) is 0. The van der Waals surface area contributed by atoms with Crippen molar-refractivity contribution in [1.82, 2.24) is 5.32 Å². The molecule has 52 valence electrons. The molecule has 0 aliphatic heterocycles. The third kappa shape index (κ3) is 0.710. The van der Waals surface area contributed by atoms with E-state index >= 15 is 0 Å². The van der Waals surface area contributed by atoms with Gasteiger partial charge in [-0.3, -0.25) is 0 Å². The van der Waals surface area contributed by atoms with Gasteiger partial charge in [0.1, 0.15) is 0 Å². The predicted octanol–water partition coefficient (Wildman–Crippen LogP) is 1.54. The molecule has 1 nitrogen and oxygen atoms in total. The molecule has 2 fully saturated rings. The molecular weight excluding hydrogens is 110 g/mol. The van der Waals surface area contributed by atoms with E-state index in [1.165, 1.54) is 32.1 Å². The van der Waals surface area contributed by atoms with E-state index in [1.807, 2.05) is 0 Å². The van der Waals surface area contributed by atoms with Crippen LogP contribution in [0.15, 0.2) is 0 Å². The largest absolute Gasteiger partial charge is 0.314 e. The molecule has 0 bridgehead atoms. The molecule has 2 saturated carbocycles. The number of hydrogen-bond acceptors (Lipinski definition) is 1. The second-order valence-corrected chi connectivity index (χ2v) is 3.53. The first-order valence-electron chi connectivity index (χ1n) is 4.06. The second kappa shape index (κ2) is 1.72. The highest BCUT2D eigenvalue weighted by molar-refractivity contribution is 5.07. The van der Waals surface area contributed by atoms with Gasteiger partial charge in [-0.05, 0) is 38.6 Å². The molecular formula is C8H15N. The Kier molecular flexibility index (Phi) is 1.10. The van der Waals surface area contributed by atoms with Crippen LogP contribution in [-0.2, 0) is 0 Å². The van der Waals surface area contributed by atoms with Crippen LogP contribution in [0.1, 0.15) is 32.1 Å². The van der Waals surface area contributed by atoms with Gasteiger partial charge in [-0.1, -0.05) is 6.42 Å². The Labute approximate surface area is 56.8 Å². The summed E-state index contributed by atoms with van der Waals surface area (Å²) in [5.74, 6) is 1.04. The molecule has 0 atom stereocenters. The van der Waals surface area contributed by atoms with Crippen LogP contribution in [0.5, 0.6) is 0 Å². The number of nitrogens with one attached hydrogen (secondary N) is 1. The Morgan fingerprint density at radius 3 is 2.11 bits per heavy atom. The first-order chi connectivity index (χ1) is 4.37. The van der Waals surface area contributed by atoms with E-state index < -0.39 is 0 Å². The van der Waals surface area contributed by atoms with Gasteiger partial charge < -0.3 is 5.32 Å². The fraction of sp³-hybridized carbons (Fsp3) is 1.00. The van der Waals surface area contributed by atoms with Crippen LogP contribution in [0.25, 0.3) is 0 Å². The maximum atomic E-state index is 3.45. The first-order valence-corrected chi connectivity index (χ1v) is 4.06. The van der Waals surface area contributed by atoms with E-state index in [-0.39, 0.29) is 0 Å². The van der Waals surface area contributed by atoms with Crippen LogP contribution in [0.4, 0.5) is 0 Å². The van der Waals surface area contributed by atoms with Crippen molar-refractivity contribution >= 4 is 0 Å². The molecule has 2 rings (SSSR count). The minimum atomic E-state index is 0.637. The molecule has 2 aliphatic rings. The average Bonchev–Trinajstić information content (AvgIpc) is 2.44. The van der Waals surface area contributed by atoms with E-state index in [0.29, 0.717) is 5.54 Å². The maximum Gasteiger partial charge on any atom is 0.0208 e. The summed E-state index contributed by atoms with van der Waals surface area (Å²) < 4.78 is 0. The Morgan fingerprint density at radius 1 is 1.33 bits per heavy atom. The van der Waals surface area contributed by atoms with Gasteiger partial charge in [0.2, 0.25) is 0 Å². The maximum absolute atomic E-state index is 3.45. The van der Waals surface area contributed by atoms with Crippen LogP contribution < -0.4 is 5.32 Å². The zero-order chi connectivity index (χ0) is 6.32. The molecule has 1 heteroatoms. The van der Waals surface area contributed by atoms with E-state index in [4.69, 9.17) is 0 Å². The van der Waals surface area contributed by atoms with E-state index in [1.54, 1.807) is 0 Å². The fourth-order valence-corrected chi connectivity index (χ4v) is 1.96. The zero-order valence-electron chi connectivity index (χ0n) is 6.11. The Bertz CT molecular complexity index is 112. The standard InChI is InChI=1S/C8H15N/c1-9-8(5-6-8)7-3-2-4-7/h7,9H,2-6H2,1H3. The summed E-state index contributed by atoms with van der Waals surface area (Å²) >= 11 is 0. The molecule has 0 spiro atoms. The number of hydrogen-bond donors (Lipinski definition) is 1. The first kappa shape index (κ1) is 5.72. The third-order valence-electron chi connectivity index (χ3n) is 3.17. The highest BCUT2D eigenvalue weighted by Gasteiger charge is 2.49. The molecule has 0 radical (unpaired) electrons. The van der Waals surface area contributed by atoms with Crippen LogP contribution in [0.3, 0.4) is 0 Å². The van der Waals surface area contributed by atoms with Crippen molar-refractivity contribution in [2.24, 2.45) is 5.92 Å². The highest BCUT2D eigenvalue weighted by Crippen LogP contribution is 2.50. The van der Waals surface area contributed by atoms with Crippen molar-refractivity contribution in [3.63, 3.8) is 0 Å². The van der Waals surface area contributed by atoms with E-state index in [0.717, 1.165) is 5.92 Å². The van der Waals surface area contributed by atoms with Crippen LogP contribution in [0.2, 0.25) is 0 Å². The molecule has 0 aromatic rings. The van der Waals surface area contributed by atoms with Gasteiger partial charge in [-0.2, -0.15) is 0 Å². The summed E-state index contributed by atoms with van der Waals surface area (Å²) in [6.45, 7) is 0. The van der Waals surface area contributed by atoms with Crippen molar-refractivity contribution in [3.05, 3.63) is 0 Å². The summed E-state index contributed by atoms with van der Waals surface area (Å²) in [5.41, 5.74) is 0.637. The van der Waals surface area contributed by atoms with Gasteiger partial charge in [-0.25, -0.2) is 0 Å². The fourth-order valence-electron chi connectivity index (χ4n) is 1.96. The number of rotatable bonds is 2. The predicted molar refractivity (Wildman–Crippen MR) is 38.4 cm³/mol. The quantitative estimate of drug-likeness (QED) is 0.590. The highest BCUT2D eigenvalue weighted by atomic mass is 15.0. The Balaban J connectivity index is 1.94. The van der Waals surface area contributed by atoms with Crippen LogP contribution >= 0.6 is 0 Å². The lowest BCUT2D eigenvalue weighted by Gasteiger charge is -2.33. The molecule has 0 aromatic heterocycles. The molecule has 2 aliphatic carbocycles. The summed E-state index contributed by atoms with van der Waals surface area (Å²) in [5, 5.41) is 3.45. The molecule has 0 amide bonds. The Morgan fingerprint density at radius 2 is 2.00 bits per heavy atom. The lowest BCUT2D eigenvalue weighted by molar-refractivity contribution is 0.221. The smallest absolute Gasteiger partial charge is 0.0208 e. The topological polar surface area (TPSA) is 12.0 Å². The van der Waals surface area contributed by atoms with Gasteiger partial charge in [0, 0.05) is 5.54 Å². The van der Waals surface area contributed by atoms with E-state index in [2.05, 4.69) is 12.4 Å². The van der Waals surface area contributed by atoms with Gasteiger partial charge >= 0.3 is 0 Å². The average molecular weight is 125 g/mol.